The maximum absolute atomic E-state index is 13.0. The number of hydrogen-bond donors (Lipinski definition) is 2. The third-order valence-corrected chi connectivity index (χ3v) is 6.16. The molecule has 0 bridgehead atoms. The van der Waals surface area contributed by atoms with E-state index in [1.807, 2.05) is 24.3 Å². The fourth-order valence-corrected chi connectivity index (χ4v) is 4.80. The Kier molecular flexibility index (Phi) is 6.96. The number of anilines is 1. The molecule has 0 aliphatic heterocycles. The molecule has 0 aliphatic carbocycles. The van der Waals surface area contributed by atoms with Crippen LogP contribution in [0.1, 0.15) is 25.6 Å². The van der Waals surface area contributed by atoms with Crippen LogP contribution in [0.25, 0.3) is 10.1 Å². The number of ether oxygens (including phenoxy) is 1. The molecule has 2 aromatic carbocycles. The van der Waals surface area contributed by atoms with Crippen molar-refractivity contribution in [2.24, 2.45) is 0 Å². The van der Waals surface area contributed by atoms with Crippen molar-refractivity contribution in [3.05, 3.63) is 64.5 Å². The van der Waals surface area contributed by atoms with Crippen LogP contribution in [0, 0.1) is 0 Å². The van der Waals surface area contributed by atoms with Gasteiger partial charge in [-0.25, -0.2) is 0 Å². The molecule has 1 heterocycles. The van der Waals surface area contributed by atoms with E-state index < -0.39 is 22.7 Å². The third kappa shape index (κ3) is 5.11. The minimum absolute atomic E-state index is 0.245. The highest BCUT2D eigenvalue weighted by Gasteiger charge is 2.19. The number of rotatable bonds is 7. The molecule has 7 nitrogen and oxygen atoms in total. The summed E-state index contributed by atoms with van der Waals surface area (Å²) in [5.74, 6) is -1.06. The standard InChI is InChI=1S/C21H20N2O5S2/c1-28-18(24)11-22-20(25)13-6-5-7-14(10-13)23-21(26)19-16(12-30(2)27)15-8-3-4-9-17(15)29-19/h3-10H,11-12H2,1-2H3,(H,22,25)(H,23,26)/t30-/m0/s1. The van der Waals surface area contributed by atoms with Gasteiger partial charge < -0.3 is 15.4 Å². The number of amides is 2. The second-order valence-corrected chi connectivity index (χ2v) is 8.90. The third-order valence-electron chi connectivity index (χ3n) is 4.26. The van der Waals surface area contributed by atoms with Crippen LogP contribution in [0.2, 0.25) is 0 Å². The lowest BCUT2D eigenvalue weighted by atomic mass is 10.1. The van der Waals surface area contributed by atoms with Crippen molar-refractivity contribution in [1.29, 1.82) is 0 Å². The Morgan fingerprint density at radius 2 is 1.83 bits per heavy atom. The molecule has 0 saturated carbocycles. The fourth-order valence-electron chi connectivity index (χ4n) is 2.88. The molecule has 0 aliphatic rings. The van der Waals surface area contributed by atoms with Crippen molar-refractivity contribution >= 4 is 55.7 Å². The number of thiophene rings is 1. The van der Waals surface area contributed by atoms with E-state index in [-0.39, 0.29) is 18.2 Å². The van der Waals surface area contributed by atoms with Gasteiger partial charge in [0.2, 0.25) is 0 Å². The molecule has 1 atom stereocenters. The summed E-state index contributed by atoms with van der Waals surface area (Å²) in [6, 6.07) is 14.0. The Morgan fingerprint density at radius 1 is 1.07 bits per heavy atom. The summed E-state index contributed by atoms with van der Waals surface area (Å²) in [7, 11) is 0.132. The minimum atomic E-state index is -1.11. The van der Waals surface area contributed by atoms with E-state index >= 15 is 0 Å². The number of benzene rings is 2. The van der Waals surface area contributed by atoms with E-state index in [1.54, 1.807) is 24.5 Å². The molecule has 0 fully saturated rings. The molecular weight excluding hydrogens is 424 g/mol. The summed E-state index contributed by atoms with van der Waals surface area (Å²) in [5, 5.41) is 6.17. The molecule has 156 valence electrons. The van der Waals surface area contributed by atoms with Gasteiger partial charge in [0.25, 0.3) is 11.8 Å². The number of esters is 1. The van der Waals surface area contributed by atoms with Crippen molar-refractivity contribution in [3.63, 3.8) is 0 Å². The predicted molar refractivity (Wildman–Crippen MR) is 118 cm³/mol. The lowest BCUT2D eigenvalue weighted by molar-refractivity contribution is -0.139. The van der Waals surface area contributed by atoms with Crippen LogP contribution < -0.4 is 10.6 Å². The Bertz CT molecular complexity index is 1140. The average molecular weight is 445 g/mol. The lowest BCUT2D eigenvalue weighted by Crippen LogP contribution is -2.30. The van der Waals surface area contributed by atoms with Crippen molar-refractivity contribution in [2.45, 2.75) is 5.75 Å². The van der Waals surface area contributed by atoms with Gasteiger partial charge in [0.05, 0.1) is 17.7 Å². The zero-order chi connectivity index (χ0) is 21.7. The second-order valence-electron chi connectivity index (χ2n) is 6.42. The summed E-state index contributed by atoms with van der Waals surface area (Å²) in [6.45, 7) is -0.245. The van der Waals surface area contributed by atoms with Crippen LogP contribution in [0.3, 0.4) is 0 Å². The molecule has 3 rings (SSSR count). The molecule has 9 heteroatoms. The van der Waals surface area contributed by atoms with E-state index in [4.69, 9.17) is 0 Å². The molecule has 0 spiro atoms. The van der Waals surface area contributed by atoms with Crippen LogP contribution in [0.15, 0.2) is 48.5 Å². The van der Waals surface area contributed by atoms with Gasteiger partial charge in [-0.05, 0) is 35.2 Å². The van der Waals surface area contributed by atoms with E-state index in [9.17, 15) is 18.6 Å². The van der Waals surface area contributed by atoms with Gasteiger partial charge in [0.15, 0.2) is 0 Å². The molecular formula is C21H20N2O5S2. The number of fused-ring (bicyclic) bond motifs is 1. The first-order valence-electron chi connectivity index (χ1n) is 8.96. The SMILES string of the molecule is COC(=O)CNC(=O)c1cccc(NC(=O)c2sc3ccccc3c2C[S@](C)=O)c1. The van der Waals surface area contributed by atoms with Crippen molar-refractivity contribution < 1.29 is 23.3 Å². The van der Waals surface area contributed by atoms with E-state index in [2.05, 4.69) is 15.4 Å². The first kappa shape index (κ1) is 21.7. The number of nitrogens with one attached hydrogen (secondary N) is 2. The zero-order valence-corrected chi connectivity index (χ0v) is 18.0. The zero-order valence-electron chi connectivity index (χ0n) is 16.4. The summed E-state index contributed by atoms with van der Waals surface area (Å²) in [6.07, 6.45) is 1.60. The first-order valence-corrected chi connectivity index (χ1v) is 11.5. The molecule has 1 aromatic heterocycles. The Labute approximate surface area is 179 Å². The minimum Gasteiger partial charge on any atom is -0.468 e. The Morgan fingerprint density at radius 3 is 2.57 bits per heavy atom. The van der Waals surface area contributed by atoms with Crippen molar-refractivity contribution in [2.75, 3.05) is 25.2 Å². The van der Waals surface area contributed by atoms with Crippen LogP contribution in [0.4, 0.5) is 5.69 Å². The van der Waals surface area contributed by atoms with Gasteiger partial charge in [-0.1, -0.05) is 24.3 Å². The summed E-state index contributed by atoms with van der Waals surface area (Å²) >= 11 is 1.34. The largest absolute Gasteiger partial charge is 0.468 e. The van der Waals surface area contributed by atoms with Gasteiger partial charge >= 0.3 is 5.97 Å². The van der Waals surface area contributed by atoms with E-state index in [1.165, 1.54) is 24.5 Å². The number of carbonyl (C=O) groups excluding carboxylic acids is 3. The Balaban J connectivity index is 1.82. The predicted octanol–water partition coefficient (Wildman–Crippen LogP) is 2.93. The highest BCUT2D eigenvalue weighted by atomic mass is 32.2. The second kappa shape index (κ2) is 9.64. The molecule has 0 unspecified atom stereocenters. The number of hydrogen-bond acceptors (Lipinski definition) is 6. The normalized spacial score (nSPS) is 11.7. The number of methoxy groups -OCH3 is 1. The quantitative estimate of drug-likeness (QED) is 0.546. The topological polar surface area (TPSA) is 102 Å². The van der Waals surface area contributed by atoms with Crippen molar-refractivity contribution in [1.82, 2.24) is 5.32 Å². The smallest absolute Gasteiger partial charge is 0.325 e. The van der Waals surface area contributed by atoms with Crippen LogP contribution >= 0.6 is 11.3 Å². The monoisotopic (exact) mass is 444 g/mol. The molecule has 0 saturated heterocycles. The highest BCUT2D eigenvalue weighted by molar-refractivity contribution is 7.83. The fraction of sp³-hybridized carbons (Fsp3) is 0.190. The molecule has 2 amide bonds. The van der Waals surface area contributed by atoms with Crippen LogP contribution in [-0.4, -0.2) is 41.9 Å². The maximum atomic E-state index is 13.0. The van der Waals surface area contributed by atoms with Gasteiger partial charge in [-0.2, -0.15) is 0 Å². The summed E-state index contributed by atoms with van der Waals surface area (Å²) < 4.78 is 17.3. The summed E-state index contributed by atoms with van der Waals surface area (Å²) in [4.78, 5) is 36.8. The van der Waals surface area contributed by atoms with Gasteiger partial charge in [0, 0.05) is 33.0 Å². The molecule has 30 heavy (non-hydrogen) atoms. The van der Waals surface area contributed by atoms with Crippen LogP contribution in [0.5, 0.6) is 0 Å². The van der Waals surface area contributed by atoms with E-state index in [0.717, 1.165) is 15.6 Å². The average Bonchev–Trinajstić information content (AvgIpc) is 3.10. The maximum Gasteiger partial charge on any atom is 0.325 e. The van der Waals surface area contributed by atoms with Gasteiger partial charge in [-0.3, -0.25) is 18.6 Å². The van der Waals surface area contributed by atoms with E-state index in [0.29, 0.717) is 16.1 Å². The lowest BCUT2D eigenvalue weighted by Gasteiger charge is -2.08. The summed E-state index contributed by atoms with van der Waals surface area (Å²) in [5.41, 5.74) is 1.48. The van der Waals surface area contributed by atoms with Crippen LogP contribution in [-0.2, 0) is 26.1 Å². The first-order chi connectivity index (χ1) is 14.4. The number of carbonyl (C=O) groups is 3. The molecule has 2 N–H and O–H groups in total. The van der Waals surface area contributed by atoms with Gasteiger partial charge in [-0.15, -0.1) is 11.3 Å². The highest BCUT2D eigenvalue weighted by Crippen LogP contribution is 2.32. The van der Waals surface area contributed by atoms with Gasteiger partial charge in [0.1, 0.15) is 6.54 Å². The molecule has 0 radical (unpaired) electrons. The molecule has 3 aromatic rings. The Hall–Kier alpha value is -3.04. The van der Waals surface area contributed by atoms with Crippen molar-refractivity contribution in [3.8, 4) is 0 Å².